The highest BCUT2D eigenvalue weighted by Gasteiger charge is 2.34. The van der Waals surface area contributed by atoms with Gasteiger partial charge in [0.15, 0.2) is 5.25 Å². The number of carbonyl (C=O) groups excluding carboxylic acids is 1. The van der Waals surface area contributed by atoms with Crippen LogP contribution in [0, 0.1) is 11.3 Å². The molecule has 1 aliphatic carbocycles. The largest absolute Gasteiger partial charge is 0.300 e. The maximum absolute atomic E-state index is 12.1. The van der Waals surface area contributed by atoms with Crippen LogP contribution in [0.5, 0.6) is 0 Å². The molecule has 96 valence electrons. The van der Waals surface area contributed by atoms with Crippen LogP contribution >= 0.6 is 0 Å². The molecule has 17 heavy (non-hydrogen) atoms. The summed E-state index contributed by atoms with van der Waals surface area (Å²) in [5, 5.41) is 7.86. The first-order valence-corrected chi connectivity index (χ1v) is 7.32. The minimum Gasteiger partial charge on any atom is -0.300 e. The zero-order chi connectivity index (χ0) is 13.1. The second kappa shape index (κ2) is 5.61. The molecule has 1 unspecified atom stereocenters. The van der Waals surface area contributed by atoms with E-state index in [4.69, 9.17) is 5.26 Å². The smallest absolute Gasteiger partial charge is 0.230 e. The maximum Gasteiger partial charge on any atom is 0.230 e. The van der Waals surface area contributed by atoms with Gasteiger partial charge in [0, 0.05) is 25.9 Å². The number of rotatable bonds is 4. The molecule has 5 nitrogen and oxygen atoms in total. The van der Waals surface area contributed by atoms with Crippen molar-refractivity contribution in [3.63, 3.8) is 0 Å². The fourth-order valence-electron chi connectivity index (χ4n) is 2.07. The zero-order valence-electron chi connectivity index (χ0n) is 10.2. The SMILES string of the molecule is CCC(C#N)S(=O)(=O)N(C)C1CCC(=O)CC1. The second-order valence-electron chi connectivity index (χ2n) is 4.36. The van der Waals surface area contributed by atoms with Crippen LogP contribution in [0.1, 0.15) is 39.0 Å². The molecule has 1 aliphatic rings. The lowest BCUT2D eigenvalue weighted by Gasteiger charge is -2.31. The number of hydrogen-bond acceptors (Lipinski definition) is 4. The normalized spacial score (nSPS) is 20.2. The third kappa shape index (κ3) is 3.05. The molecule has 0 N–H and O–H groups in total. The van der Waals surface area contributed by atoms with E-state index in [0.717, 1.165) is 0 Å². The third-order valence-electron chi connectivity index (χ3n) is 3.30. The minimum atomic E-state index is -3.56. The molecule has 0 aromatic rings. The molecule has 1 atom stereocenters. The van der Waals surface area contributed by atoms with Crippen molar-refractivity contribution in [2.45, 2.75) is 50.3 Å². The molecule has 0 amide bonds. The summed E-state index contributed by atoms with van der Waals surface area (Å²) < 4.78 is 25.5. The molecule has 0 saturated heterocycles. The van der Waals surface area contributed by atoms with Crippen LogP contribution < -0.4 is 0 Å². The van der Waals surface area contributed by atoms with Gasteiger partial charge in [-0.2, -0.15) is 5.26 Å². The summed E-state index contributed by atoms with van der Waals surface area (Å²) in [7, 11) is -2.05. The van der Waals surface area contributed by atoms with E-state index in [0.29, 0.717) is 25.7 Å². The topological polar surface area (TPSA) is 78.2 Å². The number of carbonyl (C=O) groups is 1. The summed E-state index contributed by atoms with van der Waals surface area (Å²) in [5.41, 5.74) is 0. The van der Waals surface area contributed by atoms with Crippen LogP contribution in [-0.2, 0) is 14.8 Å². The van der Waals surface area contributed by atoms with E-state index in [-0.39, 0.29) is 18.2 Å². The Morgan fingerprint density at radius 2 is 2.00 bits per heavy atom. The molecule has 1 fully saturated rings. The van der Waals surface area contributed by atoms with Crippen molar-refractivity contribution < 1.29 is 13.2 Å². The van der Waals surface area contributed by atoms with Crippen molar-refractivity contribution in [2.75, 3.05) is 7.05 Å². The summed E-state index contributed by atoms with van der Waals surface area (Å²) >= 11 is 0. The highest BCUT2D eigenvalue weighted by Crippen LogP contribution is 2.23. The monoisotopic (exact) mass is 258 g/mol. The van der Waals surface area contributed by atoms with Gasteiger partial charge in [-0.25, -0.2) is 12.7 Å². The molecule has 0 aromatic heterocycles. The Morgan fingerprint density at radius 1 is 1.47 bits per heavy atom. The number of nitriles is 1. The Morgan fingerprint density at radius 3 is 2.41 bits per heavy atom. The molecular formula is C11H18N2O3S. The number of ketones is 1. The Hall–Kier alpha value is -0.930. The summed E-state index contributed by atoms with van der Waals surface area (Å²) in [4.78, 5) is 11.1. The van der Waals surface area contributed by atoms with Gasteiger partial charge in [0.1, 0.15) is 5.78 Å². The molecule has 0 bridgehead atoms. The van der Waals surface area contributed by atoms with Gasteiger partial charge in [-0.1, -0.05) is 6.92 Å². The Labute approximate surface area is 102 Å². The van der Waals surface area contributed by atoms with E-state index in [1.54, 1.807) is 6.92 Å². The van der Waals surface area contributed by atoms with E-state index < -0.39 is 15.3 Å². The van der Waals surface area contributed by atoms with Crippen LogP contribution in [0.25, 0.3) is 0 Å². The molecule has 0 aromatic carbocycles. The van der Waals surface area contributed by atoms with Crippen molar-refractivity contribution in [3.05, 3.63) is 0 Å². The molecule has 1 rings (SSSR count). The standard InChI is InChI=1S/C11H18N2O3S/c1-3-11(8-12)17(15,16)13(2)9-4-6-10(14)7-5-9/h9,11H,3-7H2,1-2H3. The number of Topliss-reactive ketones (excluding diaryl/α,β-unsaturated/α-hetero) is 1. The summed E-state index contributed by atoms with van der Waals surface area (Å²) in [6.45, 7) is 1.68. The first-order valence-electron chi connectivity index (χ1n) is 5.81. The van der Waals surface area contributed by atoms with Gasteiger partial charge in [0.2, 0.25) is 10.0 Å². The van der Waals surface area contributed by atoms with Gasteiger partial charge in [0.25, 0.3) is 0 Å². The van der Waals surface area contributed by atoms with E-state index in [2.05, 4.69) is 0 Å². The predicted molar refractivity (Wildman–Crippen MR) is 63.6 cm³/mol. The molecule has 0 radical (unpaired) electrons. The van der Waals surface area contributed by atoms with Crippen molar-refractivity contribution in [3.8, 4) is 6.07 Å². The van der Waals surface area contributed by atoms with Crippen molar-refractivity contribution in [2.24, 2.45) is 0 Å². The minimum absolute atomic E-state index is 0.139. The summed E-state index contributed by atoms with van der Waals surface area (Å²) in [6.07, 6.45) is 2.30. The van der Waals surface area contributed by atoms with Crippen LogP contribution in [0.15, 0.2) is 0 Å². The van der Waals surface area contributed by atoms with Gasteiger partial charge in [-0.15, -0.1) is 0 Å². The molecule has 6 heteroatoms. The van der Waals surface area contributed by atoms with E-state index in [1.807, 2.05) is 6.07 Å². The molecule has 0 heterocycles. The Kier molecular flexibility index (Phi) is 4.66. The molecule has 0 spiro atoms. The van der Waals surface area contributed by atoms with Crippen molar-refractivity contribution in [1.29, 1.82) is 5.26 Å². The predicted octanol–water partition coefficient (Wildman–Crippen LogP) is 1.06. The average molecular weight is 258 g/mol. The van der Waals surface area contributed by atoms with Gasteiger partial charge in [-0.3, -0.25) is 4.79 Å². The summed E-state index contributed by atoms with van der Waals surface area (Å²) in [5.74, 6) is 0.194. The van der Waals surface area contributed by atoms with Gasteiger partial charge >= 0.3 is 0 Å². The van der Waals surface area contributed by atoms with E-state index >= 15 is 0 Å². The fraction of sp³-hybridized carbons (Fsp3) is 0.818. The second-order valence-corrected chi connectivity index (χ2v) is 6.53. The average Bonchev–Trinajstić information content (AvgIpc) is 2.30. The first-order chi connectivity index (χ1) is 7.93. The Bertz CT molecular complexity index is 414. The van der Waals surface area contributed by atoms with Crippen LogP contribution in [0.2, 0.25) is 0 Å². The van der Waals surface area contributed by atoms with E-state index in [9.17, 15) is 13.2 Å². The van der Waals surface area contributed by atoms with Crippen molar-refractivity contribution in [1.82, 2.24) is 4.31 Å². The van der Waals surface area contributed by atoms with Crippen molar-refractivity contribution >= 4 is 15.8 Å². The number of hydrogen-bond donors (Lipinski definition) is 0. The zero-order valence-corrected chi connectivity index (χ0v) is 11.0. The van der Waals surface area contributed by atoms with Crippen LogP contribution in [0.4, 0.5) is 0 Å². The van der Waals surface area contributed by atoms with E-state index in [1.165, 1.54) is 11.4 Å². The first kappa shape index (κ1) is 14.1. The summed E-state index contributed by atoms with van der Waals surface area (Å²) in [6, 6.07) is 1.69. The lowest BCUT2D eigenvalue weighted by molar-refractivity contribution is -0.120. The Balaban J connectivity index is 2.79. The fourth-order valence-corrected chi connectivity index (χ4v) is 3.65. The lowest BCUT2D eigenvalue weighted by Crippen LogP contribution is -2.43. The highest BCUT2D eigenvalue weighted by molar-refractivity contribution is 7.90. The van der Waals surface area contributed by atoms with Crippen LogP contribution in [0.3, 0.4) is 0 Å². The molecular weight excluding hydrogens is 240 g/mol. The van der Waals surface area contributed by atoms with Gasteiger partial charge in [-0.05, 0) is 19.3 Å². The number of nitrogens with zero attached hydrogens (tertiary/aromatic N) is 2. The molecule has 0 aliphatic heterocycles. The quantitative estimate of drug-likeness (QED) is 0.755. The van der Waals surface area contributed by atoms with Crippen LogP contribution in [-0.4, -0.2) is 36.8 Å². The number of sulfonamides is 1. The third-order valence-corrected chi connectivity index (χ3v) is 5.56. The molecule has 1 saturated carbocycles. The lowest BCUT2D eigenvalue weighted by atomic mass is 9.95. The highest BCUT2D eigenvalue weighted by atomic mass is 32.2. The maximum atomic E-state index is 12.1. The van der Waals surface area contributed by atoms with Gasteiger partial charge < -0.3 is 0 Å². The van der Waals surface area contributed by atoms with Gasteiger partial charge in [0.05, 0.1) is 6.07 Å².